The number of aliphatic hydroxyl groups is 1. The fraction of sp³-hybridized carbons (Fsp3) is 0.286. The highest BCUT2D eigenvalue weighted by molar-refractivity contribution is 5.76. The number of likely N-dealkylation sites (N-methyl/N-ethyl adjacent to an activating group) is 1. The highest BCUT2D eigenvalue weighted by Gasteiger charge is 2.32. The van der Waals surface area contributed by atoms with Crippen LogP contribution in [0.1, 0.15) is 12.0 Å². The molecule has 2 aromatic rings. The van der Waals surface area contributed by atoms with Crippen LogP contribution in [0.2, 0.25) is 0 Å². The van der Waals surface area contributed by atoms with E-state index in [0.717, 1.165) is 11.1 Å². The molecule has 0 saturated carbocycles. The lowest BCUT2D eigenvalue weighted by atomic mass is 9.99. The molecule has 2 heterocycles. The minimum Gasteiger partial charge on any atom is -0.406 e. The predicted octanol–water partition coefficient (Wildman–Crippen LogP) is 4.04. The Morgan fingerprint density at radius 3 is 2.59 bits per heavy atom. The molecule has 1 atom stereocenters. The molecule has 0 fully saturated rings. The first kappa shape index (κ1) is 20.9. The van der Waals surface area contributed by atoms with E-state index in [1.54, 1.807) is 24.5 Å². The minimum absolute atomic E-state index is 0.0717. The van der Waals surface area contributed by atoms with Gasteiger partial charge in [-0.05, 0) is 61.0 Å². The van der Waals surface area contributed by atoms with Crippen LogP contribution in [0.25, 0.3) is 5.57 Å². The number of hydrogen-bond acceptors (Lipinski definition) is 5. The smallest absolute Gasteiger partial charge is 0.406 e. The van der Waals surface area contributed by atoms with E-state index in [1.807, 2.05) is 42.4 Å². The molecule has 1 aromatic carbocycles. The predicted molar refractivity (Wildman–Crippen MR) is 105 cm³/mol. The molecule has 29 heavy (non-hydrogen) atoms. The molecular weight excluding hydrogens is 383 g/mol. The van der Waals surface area contributed by atoms with Crippen LogP contribution in [0.5, 0.6) is 5.75 Å². The van der Waals surface area contributed by atoms with Gasteiger partial charge in [0.25, 0.3) is 0 Å². The number of allylic oxidation sites excluding steroid dienone is 2. The first-order chi connectivity index (χ1) is 13.9. The Morgan fingerprint density at radius 2 is 1.97 bits per heavy atom. The lowest BCUT2D eigenvalue weighted by Crippen LogP contribution is -2.46. The highest BCUT2D eigenvalue weighted by atomic mass is 19.4. The first-order valence-electron chi connectivity index (χ1n) is 9.13. The number of benzene rings is 1. The monoisotopic (exact) mass is 405 g/mol. The summed E-state index contributed by atoms with van der Waals surface area (Å²) in [4.78, 5) is 8.25. The molecule has 1 unspecified atom stereocenters. The van der Waals surface area contributed by atoms with Gasteiger partial charge in [0.05, 0.1) is 0 Å². The molecule has 1 aliphatic heterocycles. The fourth-order valence-corrected chi connectivity index (χ4v) is 3.28. The minimum atomic E-state index is -4.73. The number of hydrogen-bond donors (Lipinski definition) is 1. The van der Waals surface area contributed by atoms with Gasteiger partial charge in [-0.1, -0.05) is 12.1 Å². The van der Waals surface area contributed by atoms with E-state index >= 15 is 0 Å². The van der Waals surface area contributed by atoms with E-state index in [2.05, 4.69) is 14.6 Å². The maximum absolute atomic E-state index is 12.4. The summed E-state index contributed by atoms with van der Waals surface area (Å²) in [6.45, 7) is 0.709. The first-order valence-corrected chi connectivity index (χ1v) is 9.13. The summed E-state index contributed by atoms with van der Waals surface area (Å²) in [5.74, 6) is -0.268. The average molecular weight is 405 g/mol. The third kappa shape index (κ3) is 5.36. The van der Waals surface area contributed by atoms with E-state index in [9.17, 15) is 18.3 Å². The molecule has 0 saturated heterocycles. The topological polar surface area (TPSA) is 48.8 Å². The molecule has 0 spiro atoms. The van der Waals surface area contributed by atoms with Crippen LogP contribution >= 0.6 is 0 Å². The number of alkyl halides is 3. The maximum atomic E-state index is 12.4. The number of aromatic nitrogens is 1. The van der Waals surface area contributed by atoms with Crippen molar-refractivity contribution in [3.05, 3.63) is 72.7 Å². The number of rotatable bonds is 7. The van der Waals surface area contributed by atoms with Gasteiger partial charge in [-0.3, -0.25) is 9.88 Å². The van der Waals surface area contributed by atoms with Crippen molar-refractivity contribution in [3.8, 4) is 5.75 Å². The SMILES string of the molecule is CN(CCCO)C1C(c2cccnc2)=CC=CN1c1ccc(OC(F)(F)F)cc1. The normalized spacial score (nSPS) is 16.8. The van der Waals surface area contributed by atoms with Crippen molar-refractivity contribution in [2.75, 3.05) is 25.1 Å². The average Bonchev–Trinajstić information content (AvgIpc) is 2.71. The van der Waals surface area contributed by atoms with Gasteiger partial charge in [0.15, 0.2) is 0 Å². The molecule has 1 N–H and O–H groups in total. The number of pyridine rings is 1. The maximum Gasteiger partial charge on any atom is 0.573 e. The molecule has 0 aliphatic carbocycles. The second kappa shape index (κ2) is 9.11. The zero-order valence-electron chi connectivity index (χ0n) is 15.9. The van der Waals surface area contributed by atoms with Crippen molar-refractivity contribution in [2.45, 2.75) is 18.9 Å². The van der Waals surface area contributed by atoms with Gasteiger partial charge in [0.2, 0.25) is 0 Å². The van der Waals surface area contributed by atoms with Crippen molar-refractivity contribution in [1.29, 1.82) is 0 Å². The largest absolute Gasteiger partial charge is 0.573 e. The van der Waals surface area contributed by atoms with Gasteiger partial charge in [0, 0.05) is 37.4 Å². The number of anilines is 1. The molecule has 0 amide bonds. The Morgan fingerprint density at radius 1 is 1.21 bits per heavy atom. The number of aliphatic hydroxyl groups excluding tert-OH is 1. The number of ether oxygens (including phenoxy) is 1. The molecule has 1 aliphatic rings. The standard InChI is InChI=1S/C21H22F3N3O2/c1-26(12-4-14-28)20-19(16-5-2-11-25-15-16)6-3-13-27(20)17-7-9-18(10-8-17)29-21(22,23)24/h2-3,5-11,13,15,20,28H,4,12,14H2,1H3. The fourth-order valence-electron chi connectivity index (χ4n) is 3.28. The van der Waals surface area contributed by atoms with Crippen LogP contribution in [-0.2, 0) is 0 Å². The number of nitrogens with zero attached hydrogens (tertiary/aromatic N) is 3. The van der Waals surface area contributed by atoms with Crippen LogP contribution in [0.3, 0.4) is 0 Å². The van der Waals surface area contributed by atoms with E-state index in [-0.39, 0.29) is 18.5 Å². The van der Waals surface area contributed by atoms with Crippen LogP contribution in [0, 0.1) is 0 Å². The van der Waals surface area contributed by atoms with Crippen molar-refractivity contribution in [1.82, 2.24) is 9.88 Å². The Balaban J connectivity index is 1.91. The Labute approximate surface area is 167 Å². The summed E-state index contributed by atoms with van der Waals surface area (Å²) >= 11 is 0. The quantitative estimate of drug-likeness (QED) is 0.754. The number of halogens is 3. The molecular formula is C21H22F3N3O2. The Hall–Kier alpha value is -2.84. The zero-order chi connectivity index (χ0) is 20.9. The van der Waals surface area contributed by atoms with Crippen LogP contribution in [0.15, 0.2) is 67.1 Å². The lowest BCUT2D eigenvalue weighted by molar-refractivity contribution is -0.274. The molecule has 5 nitrogen and oxygen atoms in total. The van der Waals surface area contributed by atoms with Crippen molar-refractivity contribution < 1.29 is 23.0 Å². The Bertz CT molecular complexity index is 852. The van der Waals surface area contributed by atoms with E-state index < -0.39 is 6.36 Å². The molecule has 0 radical (unpaired) electrons. The lowest BCUT2D eigenvalue weighted by Gasteiger charge is -2.40. The summed E-state index contributed by atoms with van der Waals surface area (Å²) in [6, 6.07) is 9.58. The van der Waals surface area contributed by atoms with Crippen molar-refractivity contribution >= 4 is 11.3 Å². The molecule has 8 heteroatoms. The van der Waals surface area contributed by atoms with Gasteiger partial charge in [-0.25, -0.2) is 0 Å². The van der Waals surface area contributed by atoms with Gasteiger partial charge in [-0.2, -0.15) is 0 Å². The van der Waals surface area contributed by atoms with Crippen molar-refractivity contribution in [2.24, 2.45) is 0 Å². The third-order valence-electron chi connectivity index (χ3n) is 4.51. The van der Waals surface area contributed by atoms with Crippen LogP contribution in [0.4, 0.5) is 18.9 Å². The van der Waals surface area contributed by atoms with Gasteiger partial charge in [0.1, 0.15) is 11.9 Å². The molecule has 0 bridgehead atoms. The molecule has 154 valence electrons. The summed E-state index contributed by atoms with van der Waals surface area (Å²) < 4.78 is 41.3. The molecule has 1 aromatic heterocycles. The second-order valence-corrected chi connectivity index (χ2v) is 6.59. The summed E-state index contributed by atoms with van der Waals surface area (Å²) in [6.07, 6.45) is 4.89. The van der Waals surface area contributed by atoms with Crippen LogP contribution in [-0.4, -0.2) is 47.7 Å². The van der Waals surface area contributed by atoms with Crippen LogP contribution < -0.4 is 9.64 Å². The van der Waals surface area contributed by atoms with E-state index in [0.29, 0.717) is 18.7 Å². The molecule has 3 rings (SSSR count). The van der Waals surface area contributed by atoms with E-state index in [4.69, 9.17) is 0 Å². The zero-order valence-corrected chi connectivity index (χ0v) is 15.9. The second-order valence-electron chi connectivity index (χ2n) is 6.59. The summed E-state index contributed by atoms with van der Waals surface area (Å²) in [5, 5.41) is 9.22. The van der Waals surface area contributed by atoms with Gasteiger partial charge < -0.3 is 14.7 Å². The third-order valence-corrected chi connectivity index (χ3v) is 4.51. The van der Waals surface area contributed by atoms with E-state index in [1.165, 1.54) is 12.1 Å². The van der Waals surface area contributed by atoms with Crippen molar-refractivity contribution in [3.63, 3.8) is 0 Å². The summed E-state index contributed by atoms with van der Waals surface area (Å²) in [7, 11) is 1.94. The Kier molecular flexibility index (Phi) is 6.56. The van der Waals surface area contributed by atoms with Gasteiger partial charge in [-0.15, -0.1) is 13.2 Å². The summed E-state index contributed by atoms with van der Waals surface area (Å²) in [5.41, 5.74) is 2.66. The van der Waals surface area contributed by atoms with Gasteiger partial charge >= 0.3 is 6.36 Å². The highest BCUT2D eigenvalue weighted by Crippen LogP contribution is 2.33.